The molecule has 2 aromatic carbocycles. The summed E-state index contributed by atoms with van der Waals surface area (Å²) in [5.41, 5.74) is 5.80. The lowest BCUT2D eigenvalue weighted by atomic mass is 10.1. The smallest absolute Gasteiger partial charge is 0.276 e. The van der Waals surface area contributed by atoms with Crippen molar-refractivity contribution in [2.45, 2.75) is 6.92 Å². The van der Waals surface area contributed by atoms with Crippen LogP contribution in [-0.4, -0.2) is 12.5 Å². The number of nitrogens with one attached hydrogen (secondary N) is 2. The Labute approximate surface area is 112 Å². The number of ether oxygens (including phenoxy) is 1. The van der Waals surface area contributed by atoms with Crippen LogP contribution < -0.4 is 15.6 Å². The van der Waals surface area contributed by atoms with Crippen molar-refractivity contribution in [3.63, 3.8) is 0 Å². The highest BCUT2D eigenvalue weighted by atomic mass is 16.5. The largest absolute Gasteiger partial charge is 0.483 e. The van der Waals surface area contributed by atoms with E-state index < -0.39 is 0 Å². The Bertz CT molecular complexity index is 603. The van der Waals surface area contributed by atoms with Gasteiger partial charge in [0.05, 0.1) is 0 Å². The molecule has 0 saturated heterocycles. The van der Waals surface area contributed by atoms with Gasteiger partial charge >= 0.3 is 0 Å². The maximum atomic E-state index is 11.5. The van der Waals surface area contributed by atoms with E-state index in [4.69, 9.17) is 4.74 Å². The highest BCUT2D eigenvalue weighted by Gasteiger charge is 2.04. The molecule has 1 amide bonds. The summed E-state index contributed by atoms with van der Waals surface area (Å²) in [5, 5.41) is 2.08. The molecule has 0 atom stereocenters. The van der Waals surface area contributed by atoms with Crippen molar-refractivity contribution in [2.24, 2.45) is 0 Å². The molecule has 0 aromatic heterocycles. The van der Waals surface area contributed by atoms with Gasteiger partial charge in [-0.3, -0.25) is 10.2 Å². The average Bonchev–Trinajstić information content (AvgIpc) is 2.42. The van der Waals surface area contributed by atoms with Gasteiger partial charge in [-0.15, -0.1) is 0 Å². The van der Waals surface area contributed by atoms with E-state index in [0.717, 1.165) is 10.8 Å². The van der Waals surface area contributed by atoms with Gasteiger partial charge in [0.2, 0.25) is 0 Å². The molecule has 0 bridgehead atoms. The Hall–Kier alpha value is -2.49. The monoisotopic (exact) mass is 256 g/mol. The van der Waals surface area contributed by atoms with Gasteiger partial charge in [0.1, 0.15) is 5.75 Å². The fourth-order valence-electron chi connectivity index (χ4n) is 1.68. The lowest BCUT2D eigenvalue weighted by Gasteiger charge is -2.10. The molecule has 0 fully saturated rings. The van der Waals surface area contributed by atoms with Crippen molar-refractivity contribution < 1.29 is 9.53 Å². The topological polar surface area (TPSA) is 50.4 Å². The van der Waals surface area contributed by atoms with Gasteiger partial charge in [0.25, 0.3) is 5.91 Å². The third-order valence-electron chi connectivity index (χ3n) is 2.52. The van der Waals surface area contributed by atoms with E-state index in [9.17, 15) is 4.79 Å². The first-order chi connectivity index (χ1) is 9.16. The molecule has 0 heterocycles. The number of carbonyl (C=O) groups excluding carboxylic acids is 1. The summed E-state index contributed by atoms with van der Waals surface area (Å²) >= 11 is 0. The minimum absolute atomic E-state index is 0.0473. The van der Waals surface area contributed by atoms with E-state index >= 15 is 0 Å². The standard InChI is InChI=1S/C15H16N2O2/c1-11(2)16-17-15(18)10-19-14-9-5-7-12-6-3-4-8-13(12)14/h3-9,16H,1,10H2,2H3,(H,17,18). The average molecular weight is 256 g/mol. The third kappa shape index (κ3) is 3.48. The minimum Gasteiger partial charge on any atom is -0.483 e. The number of hydrogen-bond donors (Lipinski definition) is 2. The number of benzene rings is 2. The summed E-state index contributed by atoms with van der Waals surface area (Å²) in [4.78, 5) is 11.5. The van der Waals surface area contributed by atoms with Gasteiger partial charge < -0.3 is 10.2 Å². The van der Waals surface area contributed by atoms with Crippen LogP contribution in [0, 0.1) is 0 Å². The Morgan fingerprint density at radius 2 is 1.89 bits per heavy atom. The first-order valence-electron chi connectivity index (χ1n) is 5.98. The zero-order chi connectivity index (χ0) is 13.7. The van der Waals surface area contributed by atoms with Crippen molar-refractivity contribution in [1.82, 2.24) is 10.9 Å². The Kier molecular flexibility index (Phi) is 4.03. The number of allylic oxidation sites excluding steroid dienone is 1. The van der Waals surface area contributed by atoms with E-state index in [0.29, 0.717) is 11.4 Å². The van der Waals surface area contributed by atoms with E-state index in [1.165, 1.54) is 0 Å². The van der Waals surface area contributed by atoms with Gasteiger partial charge in [-0.2, -0.15) is 0 Å². The molecular formula is C15H16N2O2. The molecule has 98 valence electrons. The van der Waals surface area contributed by atoms with Crippen LogP contribution in [0.1, 0.15) is 6.92 Å². The van der Waals surface area contributed by atoms with E-state index in [1.54, 1.807) is 6.92 Å². The molecule has 4 heteroatoms. The highest BCUT2D eigenvalue weighted by Crippen LogP contribution is 2.24. The number of fused-ring (bicyclic) bond motifs is 1. The van der Waals surface area contributed by atoms with Crippen molar-refractivity contribution >= 4 is 16.7 Å². The Morgan fingerprint density at radius 1 is 1.16 bits per heavy atom. The van der Waals surface area contributed by atoms with E-state index in [1.807, 2.05) is 42.5 Å². The molecule has 0 aliphatic rings. The van der Waals surface area contributed by atoms with Crippen LogP contribution in [0.4, 0.5) is 0 Å². The minimum atomic E-state index is -0.254. The van der Waals surface area contributed by atoms with Gasteiger partial charge in [0.15, 0.2) is 6.61 Å². The van der Waals surface area contributed by atoms with Crippen molar-refractivity contribution in [2.75, 3.05) is 6.61 Å². The summed E-state index contributed by atoms with van der Waals surface area (Å²) in [6.45, 7) is 5.33. The van der Waals surface area contributed by atoms with Crippen molar-refractivity contribution in [1.29, 1.82) is 0 Å². The van der Waals surface area contributed by atoms with Crippen LogP contribution >= 0.6 is 0 Å². The summed E-state index contributed by atoms with van der Waals surface area (Å²) in [6.07, 6.45) is 0. The fraction of sp³-hybridized carbons (Fsp3) is 0.133. The van der Waals surface area contributed by atoms with Crippen molar-refractivity contribution in [3.05, 3.63) is 54.7 Å². The maximum absolute atomic E-state index is 11.5. The lowest BCUT2D eigenvalue weighted by molar-refractivity contribution is -0.123. The summed E-state index contributed by atoms with van der Waals surface area (Å²) in [7, 11) is 0. The van der Waals surface area contributed by atoms with Gasteiger partial charge in [-0.05, 0) is 18.4 Å². The molecule has 0 aliphatic carbocycles. The van der Waals surface area contributed by atoms with E-state index in [-0.39, 0.29) is 12.5 Å². The predicted octanol–water partition coefficient (Wildman–Crippen LogP) is 2.37. The Morgan fingerprint density at radius 3 is 2.68 bits per heavy atom. The van der Waals surface area contributed by atoms with Crippen LogP contribution in [0.5, 0.6) is 5.75 Å². The normalized spacial score (nSPS) is 9.95. The van der Waals surface area contributed by atoms with Crippen molar-refractivity contribution in [3.8, 4) is 5.75 Å². The lowest BCUT2D eigenvalue weighted by Crippen LogP contribution is -2.38. The van der Waals surface area contributed by atoms with Gasteiger partial charge in [0, 0.05) is 11.1 Å². The molecular weight excluding hydrogens is 240 g/mol. The quantitative estimate of drug-likeness (QED) is 0.807. The molecule has 2 N–H and O–H groups in total. The van der Waals surface area contributed by atoms with Gasteiger partial charge in [-0.1, -0.05) is 43.0 Å². The molecule has 19 heavy (non-hydrogen) atoms. The molecule has 2 rings (SSSR count). The number of amides is 1. The summed E-state index contributed by atoms with van der Waals surface area (Å²) < 4.78 is 5.53. The molecule has 0 unspecified atom stereocenters. The molecule has 2 aromatic rings. The third-order valence-corrected chi connectivity index (χ3v) is 2.52. The van der Waals surface area contributed by atoms with Crippen LogP contribution in [0.2, 0.25) is 0 Å². The highest BCUT2D eigenvalue weighted by molar-refractivity contribution is 5.88. The SMILES string of the molecule is C=C(C)NNC(=O)COc1cccc2ccccc12. The van der Waals surface area contributed by atoms with Crippen LogP contribution in [0.3, 0.4) is 0 Å². The molecule has 0 saturated carbocycles. The van der Waals surface area contributed by atoms with Gasteiger partial charge in [-0.25, -0.2) is 0 Å². The first-order valence-corrected chi connectivity index (χ1v) is 5.98. The zero-order valence-electron chi connectivity index (χ0n) is 10.8. The second-order valence-corrected chi connectivity index (χ2v) is 4.22. The molecule has 4 nitrogen and oxygen atoms in total. The number of carbonyl (C=O) groups is 1. The molecule has 0 spiro atoms. The molecule has 0 aliphatic heterocycles. The fourth-order valence-corrected chi connectivity index (χ4v) is 1.68. The maximum Gasteiger partial charge on any atom is 0.276 e. The van der Waals surface area contributed by atoms with Crippen LogP contribution in [0.15, 0.2) is 54.7 Å². The molecule has 0 radical (unpaired) electrons. The Balaban J connectivity index is 2.02. The first kappa shape index (κ1) is 13.0. The predicted molar refractivity (Wildman–Crippen MR) is 75.5 cm³/mol. The zero-order valence-corrected chi connectivity index (χ0v) is 10.8. The summed E-state index contributed by atoms with van der Waals surface area (Å²) in [6, 6.07) is 13.6. The second kappa shape index (κ2) is 5.91. The summed E-state index contributed by atoms with van der Waals surface area (Å²) in [5.74, 6) is 0.444. The van der Waals surface area contributed by atoms with Crippen LogP contribution in [0.25, 0.3) is 10.8 Å². The second-order valence-electron chi connectivity index (χ2n) is 4.22. The number of hydrazine groups is 1. The number of hydrogen-bond acceptors (Lipinski definition) is 3. The van der Waals surface area contributed by atoms with Crippen LogP contribution in [-0.2, 0) is 4.79 Å². The van der Waals surface area contributed by atoms with E-state index in [2.05, 4.69) is 17.4 Å². The number of rotatable bonds is 5.